The fraction of sp³-hybridized carbons (Fsp3) is 0.0588. The molecule has 0 saturated heterocycles. The molecule has 3 aromatic heterocycles. The van der Waals surface area contributed by atoms with Crippen LogP contribution in [0.25, 0.3) is 72.3 Å². The molecular weight excluding hydrogens is 880 g/mol. The molecule has 0 unspecified atom stereocenters. The van der Waals surface area contributed by atoms with Crippen LogP contribution < -0.4 is 9.30 Å². The summed E-state index contributed by atoms with van der Waals surface area (Å²) >= 11 is 0. The number of rotatable bonds is 8. The Morgan fingerprint density at radius 3 is 2.16 bits per heavy atom. The van der Waals surface area contributed by atoms with Gasteiger partial charge >= 0.3 is 0 Å². The maximum absolute atomic E-state index is 9.01. The monoisotopic (exact) mass is 927 g/mol. The normalized spacial score (nSPS) is 14.5. The number of benzene rings is 7. The van der Waals surface area contributed by atoms with Gasteiger partial charge in [-0.05, 0) is 76.0 Å². The molecule has 0 spiro atoms. The van der Waals surface area contributed by atoms with Gasteiger partial charge in [-0.2, -0.15) is 18.2 Å². The maximum Gasteiger partial charge on any atom is 0.268 e. The van der Waals surface area contributed by atoms with Crippen molar-refractivity contribution < 1.29 is 46.8 Å². The van der Waals surface area contributed by atoms with Gasteiger partial charge in [-0.25, -0.2) is 4.98 Å². The Hall–Kier alpha value is -6.55. The van der Waals surface area contributed by atoms with E-state index in [4.69, 9.17) is 21.2 Å². The van der Waals surface area contributed by atoms with Crippen LogP contribution in [0.1, 0.15) is 34.5 Å². The summed E-state index contributed by atoms with van der Waals surface area (Å²) in [4.78, 5) is 4.63. The van der Waals surface area contributed by atoms with E-state index >= 15 is 0 Å². The summed E-state index contributed by atoms with van der Waals surface area (Å²) in [6.45, 7) is 3.37. The molecule has 10 rings (SSSR count). The number of hydrogen-bond acceptors (Lipinski definition) is 2. The third kappa shape index (κ3) is 6.44. The number of aryl methyl sites for hydroxylation is 2. The van der Waals surface area contributed by atoms with Crippen molar-refractivity contribution in [2.24, 2.45) is 0 Å². The number of hydrogen-bond donors (Lipinski definition) is 0. The van der Waals surface area contributed by atoms with Crippen LogP contribution in [0.4, 0.5) is 0 Å². The Balaban J connectivity index is 0.00000593. The van der Waals surface area contributed by atoms with Gasteiger partial charge in [0, 0.05) is 47.0 Å². The molecule has 57 heavy (non-hydrogen) atoms. The SMILES string of the molecule is [2H]c1c([2H])c([2H])c(-c2cccc(-c3c([2H])c([2H])c([2H])c([2H])c3[2H])c2-[n+]2[c-]n(-c3[c-]c(Oc4[c-]c5c(cc4)c4ccccc4n5-c4cc(C([2H])([2H])C)ccn4)ccc3)c3cccc(C)c32)c([2H])c1[2H].[Pt]. The molecule has 0 aliphatic rings. The fourth-order valence-corrected chi connectivity index (χ4v) is 7.23. The van der Waals surface area contributed by atoms with Crippen LogP contribution in [0, 0.1) is 25.4 Å². The average molecular weight is 928 g/mol. The first kappa shape index (κ1) is 24.9. The van der Waals surface area contributed by atoms with E-state index in [2.05, 4.69) is 23.4 Å². The molecule has 7 aromatic carbocycles. The zero-order chi connectivity index (χ0) is 48.1. The Bertz CT molecular complexity index is 3610. The summed E-state index contributed by atoms with van der Waals surface area (Å²) in [5.74, 6) is 1.19. The van der Waals surface area contributed by atoms with Crippen molar-refractivity contribution in [3.8, 4) is 50.9 Å². The van der Waals surface area contributed by atoms with Crippen molar-refractivity contribution in [2.75, 3.05) is 0 Å². The van der Waals surface area contributed by atoms with E-state index < -0.39 is 66.8 Å². The van der Waals surface area contributed by atoms with E-state index in [1.54, 1.807) is 69.9 Å². The van der Waals surface area contributed by atoms with E-state index in [-0.39, 0.29) is 49.0 Å². The molecule has 0 bridgehead atoms. The van der Waals surface area contributed by atoms with Crippen LogP contribution in [0.3, 0.4) is 0 Å². The van der Waals surface area contributed by atoms with Gasteiger partial charge in [0.2, 0.25) is 0 Å². The predicted molar refractivity (Wildman–Crippen MR) is 225 cm³/mol. The number of ether oxygens (including phenoxy) is 1. The second-order valence-corrected chi connectivity index (χ2v) is 13.0. The number of nitrogens with zero attached hydrogens (tertiary/aromatic N) is 4. The first-order valence-electron chi connectivity index (χ1n) is 23.8. The topological polar surface area (TPSA) is 35.9 Å². The molecule has 0 N–H and O–H groups in total. The molecule has 3 heterocycles. The molecule has 278 valence electrons. The summed E-state index contributed by atoms with van der Waals surface area (Å²) in [6, 6.07) is 32.0. The second kappa shape index (κ2) is 15.2. The number of para-hydroxylation sites is 3. The first-order chi connectivity index (χ1) is 32.5. The molecule has 0 saturated carbocycles. The van der Waals surface area contributed by atoms with Crippen molar-refractivity contribution in [1.82, 2.24) is 14.1 Å². The summed E-state index contributed by atoms with van der Waals surface area (Å²) in [6.07, 6.45) is 3.40. The third-order valence-corrected chi connectivity index (χ3v) is 9.71. The minimum absolute atomic E-state index is 0. The summed E-state index contributed by atoms with van der Waals surface area (Å²) in [7, 11) is 0. The van der Waals surface area contributed by atoms with Gasteiger partial charge in [0.15, 0.2) is 0 Å². The second-order valence-electron chi connectivity index (χ2n) is 13.0. The van der Waals surface area contributed by atoms with Gasteiger partial charge in [0.25, 0.3) is 6.33 Å². The van der Waals surface area contributed by atoms with Crippen molar-refractivity contribution >= 4 is 32.8 Å². The molecule has 0 atom stereocenters. The van der Waals surface area contributed by atoms with E-state index in [0.717, 1.165) is 21.9 Å². The Kier molecular flexibility index (Phi) is 6.62. The van der Waals surface area contributed by atoms with Crippen LogP contribution in [0.5, 0.6) is 11.5 Å². The van der Waals surface area contributed by atoms with Gasteiger partial charge in [0.1, 0.15) is 5.82 Å². The quantitative estimate of drug-likeness (QED) is 0.112. The summed E-state index contributed by atoms with van der Waals surface area (Å²) in [5, 5.41) is 1.84. The van der Waals surface area contributed by atoms with Crippen LogP contribution in [-0.4, -0.2) is 14.1 Å². The Labute approximate surface area is 363 Å². The van der Waals surface area contributed by atoms with Gasteiger partial charge < -0.3 is 13.9 Å². The van der Waals surface area contributed by atoms with Gasteiger partial charge in [-0.3, -0.25) is 4.57 Å². The first-order valence-corrected chi connectivity index (χ1v) is 17.8. The predicted octanol–water partition coefficient (Wildman–Crippen LogP) is 11.8. The van der Waals surface area contributed by atoms with Crippen molar-refractivity contribution in [2.45, 2.75) is 20.2 Å². The average Bonchev–Trinajstić information content (AvgIpc) is 3.88. The zero-order valence-electron chi connectivity index (χ0n) is 42.4. The van der Waals surface area contributed by atoms with Crippen LogP contribution in [0.2, 0.25) is 0 Å². The van der Waals surface area contributed by atoms with E-state index in [1.165, 1.54) is 6.92 Å². The smallest absolute Gasteiger partial charge is 0.268 e. The maximum atomic E-state index is 9.01. The molecule has 0 aliphatic carbocycles. The fourth-order valence-electron chi connectivity index (χ4n) is 7.23. The molecule has 6 heteroatoms. The van der Waals surface area contributed by atoms with E-state index in [0.29, 0.717) is 45.1 Å². The largest absolute Gasteiger partial charge is 0.510 e. The van der Waals surface area contributed by atoms with E-state index in [9.17, 15) is 0 Å². The summed E-state index contributed by atoms with van der Waals surface area (Å²) in [5.41, 5.74) is 4.47. The summed E-state index contributed by atoms with van der Waals surface area (Å²) < 4.78 is 115. The molecular formula is C51H36N4OPt-2. The van der Waals surface area contributed by atoms with Crippen LogP contribution >= 0.6 is 0 Å². The molecule has 5 nitrogen and oxygen atoms in total. The standard InChI is InChI=1S/C51H36N4O.Pt/c1-3-36-29-30-52-49(31-36)55-46-25-11-10-22-44(46)45-28-27-41(33-48(45)55)56-40-21-13-20-39(32-40)53-34-54(50-35(2)15-12-26-47(50)53)51-42(37-16-6-4-7-17-37)23-14-24-43(51)38-18-8-5-9-19-38;/h4-31H,3H2,1-2H3;/q-2;/i3D2,4D,5D,6D,7D,8D,9D,16D,17D,18D,19D;. The molecule has 0 fully saturated rings. The molecule has 0 radical (unpaired) electrons. The number of aromatic nitrogens is 4. The molecule has 0 aliphatic heterocycles. The van der Waals surface area contributed by atoms with E-state index in [1.807, 2.05) is 60.0 Å². The van der Waals surface area contributed by atoms with Gasteiger partial charge in [0.05, 0.1) is 30.4 Å². The van der Waals surface area contributed by atoms with Crippen molar-refractivity contribution in [3.05, 3.63) is 199 Å². The Morgan fingerprint density at radius 2 is 1.40 bits per heavy atom. The zero-order valence-corrected chi connectivity index (χ0v) is 32.7. The van der Waals surface area contributed by atoms with Gasteiger partial charge in [-0.15, -0.1) is 29.7 Å². The van der Waals surface area contributed by atoms with Crippen molar-refractivity contribution in [3.63, 3.8) is 0 Å². The molecule has 0 amide bonds. The van der Waals surface area contributed by atoms with Crippen molar-refractivity contribution in [1.29, 1.82) is 0 Å². The Morgan fingerprint density at radius 1 is 0.719 bits per heavy atom. The molecule has 10 aromatic rings. The van der Waals surface area contributed by atoms with Gasteiger partial charge in [-0.1, -0.05) is 127 Å². The number of imidazole rings is 1. The number of pyridine rings is 1. The minimum atomic E-state index is -1.60. The third-order valence-electron chi connectivity index (χ3n) is 9.71. The number of fused-ring (bicyclic) bond motifs is 4. The van der Waals surface area contributed by atoms with Crippen LogP contribution in [-0.2, 0) is 27.4 Å². The van der Waals surface area contributed by atoms with Crippen LogP contribution in [0.15, 0.2) is 170 Å². The minimum Gasteiger partial charge on any atom is -0.510 e.